The predicted octanol–water partition coefficient (Wildman–Crippen LogP) is 2.50. The van der Waals surface area contributed by atoms with Gasteiger partial charge in [-0.25, -0.2) is 14.4 Å². The first kappa shape index (κ1) is 22.5. The van der Waals surface area contributed by atoms with Gasteiger partial charge in [-0.1, -0.05) is 0 Å². The summed E-state index contributed by atoms with van der Waals surface area (Å²) in [6.45, 7) is 0.399. The van der Waals surface area contributed by atoms with Crippen LogP contribution in [0, 0.1) is 5.82 Å². The third-order valence-corrected chi connectivity index (χ3v) is 5.88. The number of methoxy groups -OCH3 is 2. The number of nitrogens with zero attached hydrogens (tertiary/aromatic N) is 6. The van der Waals surface area contributed by atoms with Crippen LogP contribution in [-0.2, 0) is 18.4 Å². The molecule has 0 saturated carbocycles. The second-order valence-corrected chi connectivity index (χ2v) is 8.25. The van der Waals surface area contributed by atoms with Gasteiger partial charge in [0.1, 0.15) is 22.4 Å². The van der Waals surface area contributed by atoms with Crippen molar-refractivity contribution >= 4 is 22.8 Å². The van der Waals surface area contributed by atoms with E-state index in [-0.39, 0.29) is 23.4 Å². The van der Waals surface area contributed by atoms with Crippen molar-refractivity contribution in [2.75, 3.05) is 14.2 Å². The van der Waals surface area contributed by atoms with Crippen LogP contribution in [0.2, 0.25) is 0 Å². The Morgan fingerprint density at radius 3 is 2.77 bits per heavy atom. The molecule has 11 heteroatoms. The zero-order valence-corrected chi connectivity index (χ0v) is 19.5. The van der Waals surface area contributed by atoms with Crippen molar-refractivity contribution in [2.24, 2.45) is 12.0 Å². The molecule has 10 nitrogen and oxygen atoms in total. The lowest BCUT2D eigenvalue weighted by Gasteiger charge is -2.16. The lowest BCUT2D eigenvalue weighted by molar-refractivity contribution is -0.119. The molecule has 1 aliphatic rings. The number of carbonyl (C=O) groups excluding carboxylic acids is 1. The van der Waals surface area contributed by atoms with E-state index >= 15 is 4.39 Å². The number of pyridine rings is 1. The lowest BCUT2D eigenvalue weighted by atomic mass is 10.2. The molecule has 5 rings (SSSR count). The maximum absolute atomic E-state index is 15.1. The molecule has 1 saturated heterocycles. The molecule has 1 amide bonds. The molecule has 4 aromatic rings. The number of halogens is 1. The van der Waals surface area contributed by atoms with Gasteiger partial charge in [0.2, 0.25) is 5.91 Å². The van der Waals surface area contributed by atoms with Gasteiger partial charge < -0.3 is 19.4 Å². The second-order valence-electron chi connectivity index (χ2n) is 8.25. The minimum Gasteiger partial charge on any atom is -0.497 e. The monoisotopic (exact) mass is 477 g/mol. The third kappa shape index (κ3) is 4.44. The molecular weight excluding hydrogens is 453 g/mol. The summed E-state index contributed by atoms with van der Waals surface area (Å²) < 4.78 is 29.1. The minimum atomic E-state index is -0.607. The SMILES string of the molecule is COc1cc(N=c2ccc3ncc(-c4cnn(C)c4)nc3n2CC2CCC(=O)N2)c(F)c(OC)c1. The van der Waals surface area contributed by atoms with Crippen molar-refractivity contribution in [3.8, 4) is 22.8 Å². The number of hydrogen-bond acceptors (Lipinski definition) is 7. The van der Waals surface area contributed by atoms with Crippen LogP contribution < -0.4 is 20.3 Å². The third-order valence-electron chi connectivity index (χ3n) is 5.88. The van der Waals surface area contributed by atoms with Gasteiger partial charge in [0.05, 0.1) is 32.3 Å². The molecule has 0 bridgehead atoms. The number of rotatable bonds is 6. The Morgan fingerprint density at radius 2 is 2.09 bits per heavy atom. The Hall–Kier alpha value is -4.28. The first-order valence-electron chi connectivity index (χ1n) is 11.1. The van der Waals surface area contributed by atoms with E-state index in [4.69, 9.17) is 14.5 Å². The maximum Gasteiger partial charge on any atom is 0.220 e. The Labute approximate surface area is 200 Å². The van der Waals surface area contributed by atoms with Crippen LogP contribution in [-0.4, -0.2) is 50.5 Å². The van der Waals surface area contributed by atoms with Gasteiger partial charge in [0.25, 0.3) is 0 Å². The highest BCUT2D eigenvalue weighted by molar-refractivity contribution is 5.78. The normalized spacial score (nSPS) is 16.1. The van der Waals surface area contributed by atoms with Gasteiger partial charge in [0.15, 0.2) is 17.2 Å². The van der Waals surface area contributed by atoms with E-state index in [1.807, 2.05) is 17.8 Å². The number of ether oxygens (including phenoxy) is 2. The topological polar surface area (TPSA) is 108 Å². The van der Waals surface area contributed by atoms with Gasteiger partial charge >= 0.3 is 0 Å². The summed E-state index contributed by atoms with van der Waals surface area (Å²) >= 11 is 0. The smallest absolute Gasteiger partial charge is 0.220 e. The molecule has 180 valence electrons. The van der Waals surface area contributed by atoms with E-state index in [1.54, 1.807) is 29.2 Å². The summed E-state index contributed by atoms with van der Waals surface area (Å²) in [5.41, 5.74) is 3.16. The molecule has 1 unspecified atom stereocenters. The van der Waals surface area contributed by atoms with Crippen molar-refractivity contribution < 1.29 is 18.7 Å². The van der Waals surface area contributed by atoms with Crippen LogP contribution in [0.4, 0.5) is 10.1 Å². The summed E-state index contributed by atoms with van der Waals surface area (Å²) in [5.74, 6) is -0.169. The highest BCUT2D eigenvalue weighted by atomic mass is 19.1. The number of nitrogens with one attached hydrogen (secondary N) is 1. The molecule has 0 spiro atoms. The van der Waals surface area contributed by atoms with Gasteiger partial charge in [0, 0.05) is 49.9 Å². The van der Waals surface area contributed by atoms with Crippen LogP contribution in [0.15, 0.2) is 47.8 Å². The summed E-state index contributed by atoms with van der Waals surface area (Å²) in [6, 6.07) is 6.39. The van der Waals surface area contributed by atoms with Crippen LogP contribution >= 0.6 is 0 Å². The van der Waals surface area contributed by atoms with E-state index in [1.165, 1.54) is 26.4 Å². The molecule has 4 heterocycles. The Kier molecular flexibility index (Phi) is 5.89. The van der Waals surface area contributed by atoms with Crippen LogP contribution in [0.25, 0.3) is 22.4 Å². The molecule has 1 aliphatic heterocycles. The molecule has 0 radical (unpaired) electrons. The van der Waals surface area contributed by atoms with Gasteiger partial charge in [-0.2, -0.15) is 5.10 Å². The van der Waals surface area contributed by atoms with E-state index in [0.29, 0.717) is 47.5 Å². The zero-order valence-electron chi connectivity index (χ0n) is 19.5. The summed E-state index contributed by atoms with van der Waals surface area (Å²) in [5, 5.41) is 7.19. The molecule has 35 heavy (non-hydrogen) atoms. The van der Waals surface area contributed by atoms with Crippen molar-refractivity contribution in [3.63, 3.8) is 0 Å². The number of benzene rings is 1. The van der Waals surface area contributed by atoms with E-state index in [2.05, 4.69) is 20.4 Å². The molecule has 1 fully saturated rings. The van der Waals surface area contributed by atoms with Crippen LogP contribution in [0.5, 0.6) is 11.5 Å². The first-order chi connectivity index (χ1) is 16.9. The summed E-state index contributed by atoms with van der Waals surface area (Å²) in [7, 11) is 4.70. The average molecular weight is 478 g/mol. The average Bonchev–Trinajstić information content (AvgIpc) is 3.49. The van der Waals surface area contributed by atoms with Crippen molar-refractivity contribution in [3.05, 3.63) is 54.2 Å². The fourth-order valence-corrected chi connectivity index (χ4v) is 4.09. The molecule has 1 atom stereocenters. The Morgan fingerprint density at radius 1 is 1.23 bits per heavy atom. The number of carbonyl (C=O) groups is 1. The number of aryl methyl sites for hydroxylation is 1. The van der Waals surface area contributed by atoms with Gasteiger partial charge in [-0.15, -0.1) is 0 Å². The number of amides is 1. The fraction of sp³-hybridized carbons (Fsp3) is 0.292. The van der Waals surface area contributed by atoms with Crippen molar-refractivity contribution in [1.82, 2.24) is 29.6 Å². The fourth-order valence-electron chi connectivity index (χ4n) is 4.09. The first-order valence-corrected chi connectivity index (χ1v) is 11.1. The Bertz CT molecular complexity index is 1490. The van der Waals surface area contributed by atoms with E-state index in [9.17, 15) is 4.79 Å². The van der Waals surface area contributed by atoms with Crippen LogP contribution in [0.1, 0.15) is 12.8 Å². The second kappa shape index (κ2) is 9.16. The predicted molar refractivity (Wildman–Crippen MR) is 126 cm³/mol. The van der Waals surface area contributed by atoms with E-state index < -0.39 is 5.82 Å². The van der Waals surface area contributed by atoms with E-state index in [0.717, 1.165) is 5.56 Å². The van der Waals surface area contributed by atoms with Crippen molar-refractivity contribution in [1.29, 1.82) is 0 Å². The highest BCUT2D eigenvalue weighted by Gasteiger charge is 2.22. The molecule has 1 aromatic carbocycles. The van der Waals surface area contributed by atoms with Crippen molar-refractivity contribution in [2.45, 2.75) is 25.4 Å². The summed E-state index contributed by atoms with van der Waals surface area (Å²) in [4.78, 5) is 25.9. The largest absolute Gasteiger partial charge is 0.497 e. The number of hydrogen-bond donors (Lipinski definition) is 1. The Balaban J connectivity index is 1.72. The summed E-state index contributed by atoms with van der Waals surface area (Å²) in [6.07, 6.45) is 6.38. The number of aromatic nitrogens is 5. The molecule has 0 aliphatic carbocycles. The molecule has 3 aromatic heterocycles. The quantitative estimate of drug-likeness (QED) is 0.457. The number of fused-ring (bicyclic) bond motifs is 1. The maximum atomic E-state index is 15.1. The van der Waals surface area contributed by atoms with Gasteiger partial charge in [-0.3, -0.25) is 14.5 Å². The standard InChI is InChI=1S/C24H24FN7O3/c1-31-12-14(10-27-31)19-11-26-17-5-6-21(29-18-8-16(34-2)9-20(35-3)23(18)25)32(24(17)30-19)13-15-4-7-22(33)28-15/h5-6,8-12,15H,4,7,13H2,1-3H3,(H,28,33). The lowest BCUT2D eigenvalue weighted by Crippen LogP contribution is -2.34. The molecular formula is C24H24FN7O3. The van der Waals surface area contributed by atoms with Crippen LogP contribution in [0.3, 0.4) is 0 Å². The minimum absolute atomic E-state index is 0.0000325. The van der Waals surface area contributed by atoms with Gasteiger partial charge in [-0.05, 0) is 18.6 Å². The molecule has 1 N–H and O–H groups in total. The zero-order chi connectivity index (χ0) is 24.5. The highest BCUT2D eigenvalue weighted by Crippen LogP contribution is 2.32.